The lowest BCUT2D eigenvalue weighted by molar-refractivity contribution is -0.128. The first-order chi connectivity index (χ1) is 8.17. The topological polar surface area (TPSA) is 61.9 Å². The number of amides is 1. The number of H-pyrrole nitrogens is 1. The first kappa shape index (κ1) is 14.0. The van der Waals surface area contributed by atoms with Crippen LogP contribution in [0.4, 0.5) is 0 Å². The number of hydrogen-bond acceptors (Lipinski definition) is 4. The van der Waals surface area contributed by atoms with Crippen LogP contribution in [0.5, 0.6) is 0 Å². The molecule has 0 aliphatic carbocycles. The molecule has 96 valence electrons. The van der Waals surface area contributed by atoms with Gasteiger partial charge in [-0.3, -0.25) is 9.89 Å². The van der Waals surface area contributed by atoms with E-state index in [9.17, 15) is 4.79 Å². The van der Waals surface area contributed by atoms with E-state index in [0.29, 0.717) is 10.9 Å². The Morgan fingerprint density at radius 2 is 2.00 bits per heavy atom. The van der Waals surface area contributed by atoms with Crippen LogP contribution in [0.15, 0.2) is 5.16 Å². The predicted octanol–water partition coefficient (Wildman–Crippen LogP) is 1.85. The summed E-state index contributed by atoms with van der Waals surface area (Å²) >= 11 is 1.38. The Kier molecular flexibility index (Phi) is 6.04. The molecule has 0 saturated carbocycles. The Labute approximate surface area is 106 Å². The van der Waals surface area contributed by atoms with Crippen LogP contribution in [0.25, 0.3) is 0 Å². The molecule has 6 heteroatoms. The zero-order chi connectivity index (χ0) is 12.7. The molecule has 0 spiro atoms. The van der Waals surface area contributed by atoms with Crippen LogP contribution in [-0.4, -0.2) is 44.8 Å². The number of aromatic amines is 1. The van der Waals surface area contributed by atoms with Gasteiger partial charge in [0, 0.05) is 13.1 Å². The summed E-state index contributed by atoms with van der Waals surface area (Å²) in [5.41, 5.74) is 0. The van der Waals surface area contributed by atoms with Gasteiger partial charge in [-0.25, -0.2) is 4.98 Å². The number of thioether (sulfide) groups is 1. The van der Waals surface area contributed by atoms with Crippen molar-refractivity contribution in [3.05, 3.63) is 5.82 Å². The summed E-state index contributed by atoms with van der Waals surface area (Å²) in [5.74, 6) is 1.36. The maximum atomic E-state index is 11.9. The zero-order valence-electron chi connectivity index (χ0n) is 10.7. The minimum Gasteiger partial charge on any atom is -0.342 e. The van der Waals surface area contributed by atoms with Gasteiger partial charge in [0.15, 0.2) is 0 Å². The molecule has 1 amide bonds. The van der Waals surface area contributed by atoms with Crippen molar-refractivity contribution in [1.29, 1.82) is 0 Å². The van der Waals surface area contributed by atoms with Gasteiger partial charge in [-0.2, -0.15) is 0 Å². The number of aromatic nitrogens is 3. The van der Waals surface area contributed by atoms with E-state index in [4.69, 9.17) is 0 Å². The van der Waals surface area contributed by atoms with Crippen LogP contribution in [0.2, 0.25) is 0 Å². The van der Waals surface area contributed by atoms with Crippen LogP contribution in [0.3, 0.4) is 0 Å². The third kappa shape index (κ3) is 4.77. The lowest BCUT2D eigenvalue weighted by Crippen LogP contribution is -2.33. The molecule has 0 aliphatic heterocycles. The van der Waals surface area contributed by atoms with Crippen molar-refractivity contribution in [2.45, 2.75) is 38.8 Å². The van der Waals surface area contributed by atoms with Crippen LogP contribution < -0.4 is 0 Å². The Bertz CT molecular complexity index is 347. The number of rotatable bonds is 7. The van der Waals surface area contributed by atoms with Gasteiger partial charge in [0.2, 0.25) is 11.1 Å². The van der Waals surface area contributed by atoms with Gasteiger partial charge < -0.3 is 4.90 Å². The summed E-state index contributed by atoms with van der Waals surface area (Å²) in [6.07, 6.45) is 1.99. The van der Waals surface area contributed by atoms with Crippen molar-refractivity contribution in [2.24, 2.45) is 0 Å². The molecule has 0 atom stereocenters. The molecule has 1 heterocycles. The monoisotopic (exact) mass is 256 g/mol. The molecule has 0 saturated heterocycles. The summed E-state index contributed by atoms with van der Waals surface area (Å²) < 4.78 is 0. The third-order valence-electron chi connectivity index (χ3n) is 2.24. The molecule has 0 aromatic carbocycles. The molecule has 1 N–H and O–H groups in total. The molecule has 17 heavy (non-hydrogen) atoms. The van der Waals surface area contributed by atoms with Crippen molar-refractivity contribution in [3.63, 3.8) is 0 Å². The molecule has 1 aromatic heterocycles. The SMILES string of the molecule is CCCN(CCC)C(=O)CSc1n[nH]c(C)n1. The summed E-state index contributed by atoms with van der Waals surface area (Å²) in [4.78, 5) is 18.0. The number of hydrogen-bond donors (Lipinski definition) is 1. The lowest BCUT2D eigenvalue weighted by atomic mass is 10.3. The van der Waals surface area contributed by atoms with Crippen LogP contribution in [-0.2, 0) is 4.79 Å². The number of nitrogens with one attached hydrogen (secondary N) is 1. The van der Waals surface area contributed by atoms with Crippen molar-refractivity contribution in [1.82, 2.24) is 20.1 Å². The van der Waals surface area contributed by atoms with Crippen molar-refractivity contribution in [2.75, 3.05) is 18.8 Å². The van der Waals surface area contributed by atoms with E-state index in [2.05, 4.69) is 29.0 Å². The molecular weight excluding hydrogens is 236 g/mol. The molecule has 0 unspecified atom stereocenters. The maximum absolute atomic E-state index is 11.9. The fraction of sp³-hybridized carbons (Fsp3) is 0.727. The van der Waals surface area contributed by atoms with Gasteiger partial charge in [0.1, 0.15) is 5.82 Å². The largest absolute Gasteiger partial charge is 0.342 e. The Hall–Kier alpha value is -1.04. The highest BCUT2D eigenvalue weighted by Gasteiger charge is 2.13. The van der Waals surface area contributed by atoms with E-state index in [0.717, 1.165) is 31.8 Å². The van der Waals surface area contributed by atoms with Crippen molar-refractivity contribution >= 4 is 17.7 Å². The van der Waals surface area contributed by atoms with E-state index in [-0.39, 0.29) is 5.91 Å². The van der Waals surface area contributed by atoms with Crippen LogP contribution >= 0.6 is 11.8 Å². The summed E-state index contributed by atoms with van der Waals surface area (Å²) in [7, 11) is 0. The normalized spacial score (nSPS) is 10.5. The molecular formula is C11H20N4OS. The van der Waals surface area contributed by atoms with Gasteiger partial charge in [-0.15, -0.1) is 5.10 Å². The maximum Gasteiger partial charge on any atom is 0.233 e. The quantitative estimate of drug-likeness (QED) is 0.756. The Morgan fingerprint density at radius 1 is 1.35 bits per heavy atom. The summed E-state index contributed by atoms with van der Waals surface area (Å²) in [5, 5.41) is 7.40. The summed E-state index contributed by atoms with van der Waals surface area (Å²) in [6, 6.07) is 0. The highest BCUT2D eigenvalue weighted by atomic mass is 32.2. The fourth-order valence-electron chi connectivity index (χ4n) is 1.51. The van der Waals surface area contributed by atoms with E-state index in [1.165, 1.54) is 11.8 Å². The minimum absolute atomic E-state index is 0.168. The van der Waals surface area contributed by atoms with Gasteiger partial charge >= 0.3 is 0 Å². The van der Waals surface area contributed by atoms with Crippen molar-refractivity contribution < 1.29 is 4.79 Å². The smallest absolute Gasteiger partial charge is 0.233 e. The second-order valence-electron chi connectivity index (χ2n) is 3.87. The molecule has 1 aromatic rings. The second kappa shape index (κ2) is 7.32. The molecule has 0 bridgehead atoms. The van der Waals surface area contributed by atoms with Crippen LogP contribution in [0, 0.1) is 6.92 Å². The van der Waals surface area contributed by atoms with Gasteiger partial charge in [-0.05, 0) is 19.8 Å². The number of carbonyl (C=O) groups excluding carboxylic acids is 1. The standard InChI is InChI=1S/C11H20N4OS/c1-4-6-15(7-5-2)10(16)8-17-11-12-9(3)13-14-11/h4-8H2,1-3H3,(H,12,13,14). The lowest BCUT2D eigenvalue weighted by Gasteiger charge is -2.20. The Morgan fingerprint density at radius 3 is 2.47 bits per heavy atom. The van der Waals surface area contributed by atoms with Gasteiger partial charge in [0.05, 0.1) is 5.75 Å². The number of carbonyl (C=O) groups is 1. The number of aryl methyl sites for hydroxylation is 1. The molecule has 0 fully saturated rings. The van der Waals surface area contributed by atoms with E-state index in [1.54, 1.807) is 0 Å². The van der Waals surface area contributed by atoms with Crippen LogP contribution in [0.1, 0.15) is 32.5 Å². The molecule has 0 aliphatic rings. The highest BCUT2D eigenvalue weighted by molar-refractivity contribution is 7.99. The average Bonchev–Trinajstić information content (AvgIpc) is 2.72. The third-order valence-corrected chi connectivity index (χ3v) is 3.07. The number of nitrogens with zero attached hydrogens (tertiary/aromatic N) is 3. The van der Waals surface area contributed by atoms with Gasteiger partial charge in [-0.1, -0.05) is 25.6 Å². The van der Waals surface area contributed by atoms with E-state index in [1.807, 2.05) is 11.8 Å². The molecule has 5 nitrogen and oxygen atoms in total. The first-order valence-electron chi connectivity index (χ1n) is 5.97. The van der Waals surface area contributed by atoms with E-state index < -0.39 is 0 Å². The second-order valence-corrected chi connectivity index (χ2v) is 4.82. The minimum atomic E-state index is 0.168. The highest BCUT2D eigenvalue weighted by Crippen LogP contribution is 2.13. The average molecular weight is 256 g/mol. The van der Waals surface area contributed by atoms with Crippen molar-refractivity contribution in [3.8, 4) is 0 Å². The summed E-state index contributed by atoms with van der Waals surface area (Å²) in [6.45, 7) is 7.68. The first-order valence-corrected chi connectivity index (χ1v) is 6.95. The molecule has 0 radical (unpaired) electrons. The zero-order valence-corrected chi connectivity index (χ0v) is 11.5. The van der Waals surface area contributed by atoms with Gasteiger partial charge in [0.25, 0.3) is 0 Å². The Balaban J connectivity index is 2.41. The molecule has 1 rings (SSSR count). The van der Waals surface area contributed by atoms with E-state index >= 15 is 0 Å². The predicted molar refractivity (Wildman–Crippen MR) is 69.0 cm³/mol. The fourth-order valence-corrected chi connectivity index (χ4v) is 2.25.